The lowest BCUT2D eigenvalue weighted by Gasteiger charge is -2.14. The summed E-state index contributed by atoms with van der Waals surface area (Å²) in [6.45, 7) is 2.59. The Kier molecular flexibility index (Phi) is 6.15. The van der Waals surface area contributed by atoms with E-state index in [4.69, 9.17) is 0 Å². The van der Waals surface area contributed by atoms with Crippen molar-refractivity contribution < 1.29 is 13.2 Å². The molecule has 1 aromatic rings. The minimum absolute atomic E-state index is 0.0935. The molecule has 0 aliphatic carbocycles. The van der Waals surface area contributed by atoms with Gasteiger partial charge in [-0.1, -0.05) is 28.1 Å². The van der Waals surface area contributed by atoms with E-state index in [1.165, 1.54) is 0 Å². The van der Waals surface area contributed by atoms with Crippen molar-refractivity contribution in [1.82, 2.24) is 5.32 Å². The first-order valence-electron chi connectivity index (χ1n) is 5.91. The zero-order chi connectivity index (χ0) is 13.6. The molecular weight excluding hydrogens is 307 g/mol. The van der Waals surface area contributed by atoms with Crippen LogP contribution in [-0.4, -0.2) is 12.2 Å². The van der Waals surface area contributed by atoms with Crippen LogP contribution in [0.2, 0.25) is 0 Å². The third-order valence-corrected chi connectivity index (χ3v) is 3.19. The van der Waals surface area contributed by atoms with Crippen LogP contribution >= 0.6 is 15.9 Å². The van der Waals surface area contributed by atoms with Crippen LogP contribution in [0.4, 0.5) is 13.2 Å². The van der Waals surface area contributed by atoms with Crippen molar-refractivity contribution >= 4 is 15.9 Å². The molecule has 0 saturated heterocycles. The normalized spacial score (nSPS) is 13.6. The van der Waals surface area contributed by atoms with Gasteiger partial charge in [0.15, 0.2) is 0 Å². The SMILES string of the molecule is CC(CCCC(F)(F)F)NCc1ccc(Br)cc1. The number of alkyl halides is 3. The van der Waals surface area contributed by atoms with Crippen LogP contribution < -0.4 is 5.32 Å². The predicted octanol–water partition coefficient (Wildman–Crippen LogP) is 4.66. The highest BCUT2D eigenvalue weighted by atomic mass is 79.9. The molecule has 1 nitrogen and oxygen atoms in total. The van der Waals surface area contributed by atoms with Gasteiger partial charge in [0.25, 0.3) is 0 Å². The molecule has 0 amide bonds. The molecule has 0 heterocycles. The Hall–Kier alpha value is -0.550. The molecule has 0 radical (unpaired) electrons. The fourth-order valence-corrected chi connectivity index (χ4v) is 1.87. The average Bonchev–Trinajstić information content (AvgIpc) is 2.26. The fraction of sp³-hybridized carbons (Fsp3) is 0.538. The van der Waals surface area contributed by atoms with Crippen molar-refractivity contribution in [2.75, 3.05) is 0 Å². The van der Waals surface area contributed by atoms with Gasteiger partial charge < -0.3 is 5.32 Å². The summed E-state index contributed by atoms with van der Waals surface area (Å²) in [5, 5.41) is 3.22. The number of hydrogen-bond donors (Lipinski definition) is 1. The van der Waals surface area contributed by atoms with E-state index in [0.29, 0.717) is 13.0 Å². The van der Waals surface area contributed by atoms with E-state index >= 15 is 0 Å². The van der Waals surface area contributed by atoms with E-state index < -0.39 is 12.6 Å². The van der Waals surface area contributed by atoms with Gasteiger partial charge in [-0.3, -0.25) is 0 Å². The van der Waals surface area contributed by atoms with E-state index in [1.54, 1.807) is 0 Å². The zero-order valence-corrected chi connectivity index (χ0v) is 11.8. The average molecular weight is 324 g/mol. The van der Waals surface area contributed by atoms with E-state index in [9.17, 15) is 13.2 Å². The van der Waals surface area contributed by atoms with Crippen molar-refractivity contribution in [2.45, 2.75) is 44.9 Å². The Morgan fingerprint density at radius 2 is 1.83 bits per heavy atom. The molecule has 5 heteroatoms. The van der Waals surface area contributed by atoms with E-state index in [2.05, 4.69) is 21.2 Å². The monoisotopic (exact) mass is 323 g/mol. The summed E-state index contributed by atoms with van der Waals surface area (Å²) in [5.41, 5.74) is 1.13. The maximum absolute atomic E-state index is 12.0. The summed E-state index contributed by atoms with van der Waals surface area (Å²) in [4.78, 5) is 0. The molecular formula is C13H17BrF3N. The molecule has 0 aliphatic heterocycles. The number of nitrogens with one attached hydrogen (secondary N) is 1. The molecule has 1 aromatic carbocycles. The van der Waals surface area contributed by atoms with Gasteiger partial charge in [0, 0.05) is 23.5 Å². The van der Waals surface area contributed by atoms with Gasteiger partial charge in [0.05, 0.1) is 0 Å². The summed E-state index contributed by atoms with van der Waals surface area (Å²) in [7, 11) is 0. The van der Waals surface area contributed by atoms with Crippen LogP contribution in [0.3, 0.4) is 0 Å². The third-order valence-electron chi connectivity index (χ3n) is 2.67. The molecule has 0 fully saturated rings. The van der Waals surface area contributed by atoms with Crippen LogP contribution in [0.1, 0.15) is 31.7 Å². The highest BCUT2D eigenvalue weighted by Gasteiger charge is 2.26. The minimum Gasteiger partial charge on any atom is -0.310 e. The summed E-state index contributed by atoms with van der Waals surface area (Å²) >= 11 is 3.35. The van der Waals surface area contributed by atoms with Gasteiger partial charge >= 0.3 is 6.18 Å². The van der Waals surface area contributed by atoms with E-state index in [0.717, 1.165) is 10.0 Å². The van der Waals surface area contributed by atoms with Crippen molar-refractivity contribution in [3.05, 3.63) is 34.3 Å². The van der Waals surface area contributed by atoms with Gasteiger partial charge in [-0.15, -0.1) is 0 Å². The van der Waals surface area contributed by atoms with Crippen molar-refractivity contribution in [3.63, 3.8) is 0 Å². The molecule has 1 rings (SSSR count). The fourth-order valence-electron chi connectivity index (χ4n) is 1.61. The molecule has 1 atom stereocenters. The molecule has 0 bridgehead atoms. The zero-order valence-electron chi connectivity index (χ0n) is 10.2. The second-order valence-corrected chi connectivity index (χ2v) is 5.33. The first-order chi connectivity index (χ1) is 8.37. The second kappa shape index (κ2) is 7.14. The summed E-state index contributed by atoms with van der Waals surface area (Å²) in [6.07, 6.45) is -4.02. The lowest BCUT2D eigenvalue weighted by Crippen LogP contribution is -2.25. The lowest BCUT2D eigenvalue weighted by atomic mass is 10.1. The quantitative estimate of drug-likeness (QED) is 0.802. The molecule has 0 aromatic heterocycles. The number of hydrogen-bond acceptors (Lipinski definition) is 1. The largest absolute Gasteiger partial charge is 0.389 e. The Balaban J connectivity index is 2.21. The van der Waals surface area contributed by atoms with Gasteiger partial charge in [-0.05, 0) is 37.5 Å². The van der Waals surface area contributed by atoms with Crippen LogP contribution in [0.15, 0.2) is 28.7 Å². The van der Waals surface area contributed by atoms with Gasteiger partial charge in [-0.25, -0.2) is 0 Å². The Morgan fingerprint density at radius 3 is 2.39 bits per heavy atom. The van der Waals surface area contributed by atoms with Gasteiger partial charge in [0.1, 0.15) is 0 Å². The van der Waals surface area contributed by atoms with Crippen molar-refractivity contribution in [1.29, 1.82) is 0 Å². The maximum atomic E-state index is 12.0. The molecule has 0 saturated carbocycles. The number of rotatable bonds is 6. The van der Waals surface area contributed by atoms with E-state index in [-0.39, 0.29) is 12.5 Å². The summed E-state index contributed by atoms with van der Waals surface area (Å²) in [5.74, 6) is 0. The number of halogens is 4. The molecule has 0 spiro atoms. The predicted molar refractivity (Wildman–Crippen MR) is 70.3 cm³/mol. The molecule has 102 valence electrons. The van der Waals surface area contributed by atoms with Crippen LogP contribution in [-0.2, 0) is 6.54 Å². The van der Waals surface area contributed by atoms with Gasteiger partial charge in [0.2, 0.25) is 0 Å². The second-order valence-electron chi connectivity index (χ2n) is 4.42. The maximum Gasteiger partial charge on any atom is 0.389 e. The Bertz CT molecular complexity index is 348. The molecule has 0 aliphatic rings. The number of benzene rings is 1. The summed E-state index contributed by atoms with van der Waals surface area (Å²) < 4.78 is 36.9. The molecule has 18 heavy (non-hydrogen) atoms. The Labute approximate surface area is 114 Å². The first-order valence-corrected chi connectivity index (χ1v) is 6.71. The molecule has 1 unspecified atom stereocenters. The van der Waals surface area contributed by atoms with Crippen molar-refractivity contribution in [3.8, 4) is 0 Å². The van der Waals surface area contributed by atoms with Gasteiger partial charge in [-0.2, -0.15) is 13.2 Å². The van der Waals surface area contributed by atoms with Crippen LogP contribution in [0.5, 0.6) is 0 Å². The lowest BCUT2D eigenvalue weighted by molar-refractivity contribution is -0.135. The van der Waals surface area contributed by atoms with Crippen LogP contribution in [0.25, 0.3) is 0 Å². The summed E-state index contributed by atoms with van der Waals surface area (Å²) in [6, 6.07) is 7.96. The smallest absolute Gasteiger partial charge is 0.310 e. The standard InChI is InChI=1S/C13H17BrF3N/c1-10(3-2-8-13(15,16)17)18-9-11-4-6-12(14)7-5-11/h4-7,10,18H,2-3,8-9H2,1H3. The topological polar surface area (TPSA) is 12.0 Å². The van der Waals surface area contributed by atoms with Crippen molar-refractivity contribution in [2.24, 2.45) is 0 Å². The minimum atomic E-state index is -4.04. The highest BCUT2D eigenvalue weighted by molar-refractivity contribution is 9.10. The Morgan fingerprint density at radius 1 is 1.22 bits per heavy atom. The first kappa shape index (κ1) is 15.5. The van der Waals surface area contributed by atoms with E-state index in [1.807, 2.05) is 31.2 Å². The third kappa shape index (κ3) is 7.01. The highest BCUT2D eigenvalue weighted by Crippen LogP contribution is 2.22. The molecule has 1 N–H and O–H groups in total. The van der Waals surface area contributed by atoms with Crippen LogP contribution in [0, 0.1) is 0 Å².